The van der Waals surface area contributed by atoms with Crippen molar-refractivity contribution in [2.45, 2.75) is 25.7 Å². The average molecular weight is 162 g/mol. The fraction of sp³-hybridized carbons (Fsp3) is 0.727. The molecular formula is C11H14O. The minimum atomic E-state index is 0.440. The van der Waals surface area contributed by atoms with E-state index in [-0.39, 0.29) is 0 Å². The molecule has 0 amide bonds. The first-order valence-electron chi connectivity index (χ1n) is 5.04. The highest BCUT2D eigenvalue weighted by atomic mass is 16.1. The van der Waals surface area contributed by atoms with Crippen LogP contribution in [0.25, 0.3) is 0 Å². The van der Waals surface area contributed by atoms with Crippen LogP contribution >= 0.6 is 0 Å². The Labute approximate surface area is 72.8 Å². The number of hydrogen-bond acceptors (Lipinski definition) is 1. The third kappa shape index (κ3) is 0.825. The zero-order valence-electron chi connectivity index (χ0n) is 7.20. The molecule has 2 saturated carbocycles. The van der Waals surface area contributed by atoms with E-state index in [2.05, 4.69) is 12.2 Å². The standard InChI is InChI=1S/C11H14O/c12-11-6-8-2-1-7-3-9(8)5-10(11)4-7/h1-2,7-10H,3-6H2/t7-,8-,9+,10-/m0/s1. The van der Waals surface area contributed by atoms with E-state index in [1.54, 1.807) is 0 Å². The minimum Gasteiger partial charge on any atom is -0.299 e. The summed E-state index contributed by atoms with van der Waals surface area (Å²) in [5.41, 5.74) is 0. The lowest BCUT2D eigenvalue weighted by Gasteiger charge is -2.44. The van der Waals surface area contributed by atoms with Crippen LogP contribution in [0, 0.1) is 23.7 Å². The lowest BCUT2D eigenvalue weighted by atomic mass is 9.60. The smallest absolute Gasteiger partial charge is 0.136 e. The van der Waals surface area contributed by atoms with Crippen molar-refractivity contribution < 1.29 is 4.79 Å². The first-order valence-corrected chi connectivity index (χ1v) is 5.04. The number of ketones is 1. The zero-order chi connectivity index (χ0) is 8.13. The van der Waals surface area contributed by atoms with Gasteiger partial charge in [0.05, 0.1) is 0 Å². The molecule has 0 aliphatic heterocycles. The summed E-state index contributed by atoms with van der Waals surface area (Å²) >= 11 is 0. The Balaban J connectivity index is 2.01. The van der Waals surface area contributed by atoms with Gasteiger partial charge in [-0.2, -0.15) is 0 Å². The van der Waals surface area contributed by atoms with Gasteiger partial charge in [-0.25, -0.2) is 0 Å². The fourth-order valence-corrected chi connectivity index (χ4v) is 3.27. The van der Waals surface area contributed by atoms with Crippen LogP contribution in [0.1, 0.15) is 25.7 Å². The van der Waals surface area contributed by atoms with Crippen molar-refractivity contribution >= 4 is 5.78 Å². The predicted molar refractivity (Wildman–Crippen MR) is 46.6 cm³/mol. The maximum Gasteiger partial charge on any atom is 0.136 e. The Kier molecular flexibility index (Phi) is 1.27. The normalized spacial score (nSPS) is 49.8. The molecule has 0 N–H and O–H groups in total. The second-order valence-electron chi connectivity index (χ2n) is 4.64. The van der Waals surface area contributed by atoms with E-state index in [0.29, 0.717) is 17.6 Å². The van der Waals surface area contributed by atoms with Crippen LogP contribution in [0.3, 0.4) is 0 Å². The van der Waals surface area contributed by atoms with Crippen LogP contribution in [-0.4, -0.2) is 5.78 Å². The molecule has 64 valence electrons. The van der Waals surface area contributed by atoms with Crippen molar-refractivity contribution in [3.05, 3.63) is 12.2 Å². The van der Waals surface area contributed by atoms with Crippen LogP contribution in [0.5, 0.6) is 0 Å². The van der Waals surface area contributed by atoms with E-state index in [4.69, 9.17) is 0 Å². The number of hydrogen-bond donors (Lipinski definition) is 0. The van der Waals surface area contributed by atoms with Crippen LogP contribution in [0.15, 0.2) is 12.2 Å². The van der Waals surface area contributed by atoms with Crippen LogP contribution in [0.4, 0.5) is 0 Å². The van der Waals surface area contributed by atoms with E-state index in [9.17, 15) is 4.79 Å². The summed E-state index contributed by atoms with van der Waals surface area (Å²) < 4.78 is 0. The highest BCUT2D eigenvalue weighted by Crippen LogP contribution is 2.47. The predicted octanol–water partition coefficient (Wildman–Crippen LogP) is 2.18. The maximum atomic E-state index is 11.6. The fourth-order valence-electron chi connectivity index (χ4n) is 3.27. The van der Waals surface area contributed by atoms with Crippen molar-refractivity contribution in [1.29, 1.82) is 0 Å². The third-order valence-corrected chi connectivity index (χ3v) is 3.91. The van der Waals surface area contributed by atoms with Crippen molar-refractivity contribution in [3.63, 3.8) is 0 Å². The second kappa shape index (κ2) is 2.21. The van der Waals surface area contributed by atoms with Crippen molar-refractivity contribution in [2.75, 3.05) is 0 Å². The van der Waals surface area contributed by atoms with E-state index < -0.39 is 0 Å². The minimum absolute atomic E-state index is 0.440. The molecule has 1 nitrogen and oxygen atoms in total. The first-order chi connectivity index (χ1) is 5.83. The molecule has 0 heterocycles. The molecule has 0 aromatic carbocycles. The van der Waals surface area contributed by atoms with Gasteiger partial charge in [0.25, 0.3) is 0 Å². The largest absolute Gasteiger partial charge is 0.299 e. The molecule has 12 heavy (non-hydrogen) atoms. The summed E-state index contributed by atoms with van der Waals surface area (Å²) in [5, 5.41) is 0. The van der Waals surface area contributed by atoms with E-state index in [1.165, 1.54) is 12.8 Å². The first kappa shape index (κ1) is 6.88. The quantitative estimate of drug-likeness (QED) is 0.499. The van der Waals surface area contributed by atoms with E-state index in [0.717, 1.165) is 24.7 Å². The monoisotopic (exact) mass is 162 g/mol. The molecule has 0 unspecified atom stereocenters. The van der Waals surface area contributed by atoms with Gasteiger partial charge >= 0.3 is 0 Å². The number of fused-ring (bicyclic) bond motifs is 2. The Bertz CT molecular complexity index is 254. The molecule has 3 bridgehead atoms. The Morgan fingerprint density at radius 2 is 2.08 bits per heavy atom. The van der Waals surface area contributed by atoms with Gasteiger partial charge in [0, 0.05) is 12.3 Å². The number of rotatable bonds is 0. The Hall–Kier alpha value is -0.590. The molecule has 0 radical (unpaired) electrons. The molecule has 3 rings (SSSR count). The molecule has 0 saturated heterocycles. The second-order valence-corrected chi connectivity index (χ2v) is 4.64. The summed E-state index contributed by atoms with van der Waals surface area (Å²) in [5.74, 6) is 3.20. The van der Waals surface area contributed by atoms with Crippen molar-refractivity contribution in [3.8, 4) is 0 Å². The summed E-state index contributed by atoms with van der Waals surface area (Å²) in [4.78, 5) is 11.6. The van der Waals surface area contributed by atoms with Gasteiger partial charge in [-0.3, -0.25) is 4.79 Å². The Morgan fingerprint density at radius 3 is 3.00 bits per heavy atom. The van der Waals surface area contributed by atoms with Gasteiger partial charge in [-0.1, -0.05) is 12.2 Å². The number of carbonyl (C=O) groups excluding carboxylic acids is 1. The van der Waals surface area contributed by atoms with Crippen LogP contribution in [-0.2, 0) is 4.79 Å². The summed E-state index contributed by atoms with van der Waals surface area (Å²) in [6.07, 6.45) is 9.23. The van der Waals surface area contributed by atoms with Gasteiger partial charge in [-0.15, -0.1) is 0 Å². The van der Waals surface area contributed by atoms with E-state index in [1.807, 2.05) is 0 Å². The maximum absolute atomic E-state index is 11.6. The molecule has 0 aromatic rings. The SMILES string of the molecule is O=C1C[C@@H]2C=C[C@@H]3C[C@H]1C[C@H]2C3. The summed E-state index contributed by atoms with van der Waals surface area (Å²) in [6, 6.07) is 0. The average Bonchev–Trinajstić information content (AvgIpc) is 2.07. The molecule has 1 heteroatoms. The van der Waals surface area contributed by atoms with Crippen LogP contribution < -0.4 is 0 Å². The molecule has 3 aliphatic carbocycles. The molecule has 3 aliphatic rings. The lowest BCUT2D eigenvalue weighted by molar-refractivity contribution is -0.129. The van der Waals surface area contributed by atoms with Gasteiger partial charge in [0.15, 0.2) is 0 Å². The summed E-state index contributed by atoms with van der Waals surface area (Å²) in [6.45, 7) is 0. The molecule has 4 atom stereocenters. The van der Waals surface area contributed by atoms with Gasteiger partial charge < -0.3 is 0 Å². The molecule has 0 spiro atoms. The molecular weight excluding hydrogens is 148 g/mol. The Morgan fingerprint density at radius 1 is 1.17 bits per heavy atom. The van der Waals surface area contributed by atoms with E-state index >= 15 is 0 Å². The third-order valence-electron chi connectivity index (χ3n) is 3.91. The van der Waals surface area contributed by atoms with Gasteiger partial charge in [0.2, 0.25) is 0 Å². The topological polar surface area (TPSA) is 17.1 Å². The van der Waals surface area contributed by atoms with Crippen molar-refractivity contribution in [2.24, 2.45) is 23.7 Å². The number of allylic oxidation sites excluding steroid dienone is 2. The highest BCUT2D eigenvalue weighted by molar-refractivity contribution is 5.82. The summed E-state index contributed by atoms with van der Waals surface area (Å²) in [7, 11) is 0. The van der Waals surface area contributed by atoms with Gasteiger partial charge in [0.1, 0.15) is 5.78 Å². The zero-order valence-corrected chi connectivity index (χ0v) is 7.20. The molecule has 2 fully saturated rings. The van der Waals surface area contributed by atoms with Crippen molar-refractivity contribution in [1.82, 2.24) is 0 Å². The van der Waals surface area contributed by atoms with Gasteiger partial charge in [-0.05, 0) is 37.0 Å². The number of carbonyl (C=O) groups is 1. The lowest BCUT2D eigenvalue weighted by Crippen LogP contribution is -2.39. The van der Waals surface area contributed by atoms with Crippen LogP contribution in [0.2, 0.25) is 0 Å². The number of Topliss-reactive ketones (excluding diaryl/α,β-unsaturated/α-hetero) is 1. The molecule has 0 aromatic heterocycles. The highest BCUT2D eigenvalue weighted by Gasteiger charge is 2.42.